The van der Waals surface area contributed by atoms with Crippen molar-refractivity contribution in [1.82, 2.24) is 10.1 Å². The molecule has 0 saturated carbocycles. The first-order valence-corrected chi connectivity index (χ1v) is 6.93. The molecule has 1 aromatic heterocycles. The van der Waals surface area contributed by atoms with Crippen LogP contribution in [0.15, 0.2) is 39.4 Å². The minimum Gasteiger partial charge on any atom is -0.401 e. The van der Waals surface area contributed by atoms with Gasteiger partial charge in [0, 0.05) is 23.2 Å². The van der Waals surface area contributed by atoms with Crippen LogP contribution in [0, 0.1) is 5.82 Å². The van der Waals surface area contributed by atoms with Crippen LogP contribution in [0.4, 0.5) is 10.4 Å². The fourth-order valence-corrected chi connectivity index (χ4v) is 2.05. The number of halogens is 1. The Morgan fingerprint density at radius 2 is 2.05 bits per heavy atom. The average Bonchev–Trinajstić information content (AvgIpc) is 2.97. The molecule has 0 bridgehead atoms. The van der Waals surface area contributed by atoms with Gasteiger partial charge in [0.05, 0.1) is 6.54 Å². The van der Waals surface area contributed by atoms with E-state index in [0.717, 1.165) is 17.0 Å². The summed E-state index contributed by atoms with van der Waals surface area (Å²) in [5.74, 6) is 0.101. The van der Waals surface area contributed by atoms with Gasteiger partial charge in [-0.1, -0.05) is 12.1 Å². The van der Waals surface area contributed by atoms with Gasteiger partial charge in [0.25, 0.3) is 0 Å². The summed E-state index contributed by atoms with van der Waals surface area (Å²) >= 11 is 4.36. The summed E-state index contributed by atoms with van der Waals surface area (Å²) in [5, 5.41) is 3.89. The molecule has 21 heavy (non-hydrogen) atoms. The molecule has 0 fully saturated rings. The molecule has 0 spiro atoms. The van der Waals surface area contributed by atoms with Crippen molar-refractivity contribution >= 4 is 18.6 Å². The molecule has 2 N–H and O–H groups in total. The number of hydrogen-bond donors (Lipinski definition) is 2. The van der Waals surface area contributed by atoms with E-state index in [1.807, 2.05) is 6.92 Å². The van der Waals surface area contributed by atoms with Gasteiger partial charge in [0.2, 0.25) is 5.82 Å². The van der Waals surface area contributed by atoms with Crippen LogP contribution in [0.5, 0.6) is 0 Å². The zero-order valence-electron chi connectivity index (χ0n) is 11.9. The molecule has 0 atom stereocenters. The number of benzene rings is 1. The van der Waals surface area contributed by atoms with Crippen molar-refractivity contribution in [3.63, 3.8) is 0 Å². The van der Waals surface area contributed by atoms with E-state index in [1.165, 1.54) is 12.1 Å². The van der Waals surface area contributed by atoms with E-state index in [2.05, 4.69) is 22.8 Å². The monoisotopic (exact) mass is 308 g/mol. The molecule has 0 amide bonds. The first-order valence-electron chi connectivity index (χ1n) is 6.48. The number of anilines is 1. The molecule has 2 rings (SSSR count). The fraction of sp³-hybridized carbons (Fsp3) is 0.286. The SMILES string of the molecule is CC/C(N)=C(/S)CN(C)c1nc(-c2ccc(F)cc2)no1. The molecule has 0 aliphatic carbocycles. The van der Waals surface area contributed by atoms with Crippen LogP contribution in [-0.4, -0.2) is 23.7 Å². The van der Waals surface area contributed by atoms with Crippen molar-refractivity contribution in [3.8, 4) is 11.4 Å². The third kappa shape index (κ3) is 3.75. The lowest BCUT2D eigenvalue weighted by molar-refractivity contribution is 0.421. The highest BCUT2D eigenvalue weighted by molar-refractivity contribution is 7.84. The number of nitrogens with zero attached hydrogens (tertiary/aromatic N) is 3. The maximum absolute atomic E-state index is 12.9. The second-order valence-electron chi connectivity index (χ2n) is 4.59. The predicted molar refractivity (Wildman–Crippen MR) is 83.5 cm³/mol. The Balaban J connectivity index is 2.14. The van der Waals surface area contributed by atoms with Crippen molar-refractivity contribution < 1.29 is 8.91 Å². The molecule has 0 aliphatic heterocycles. The molecule has 1 heterocycles. The fourth-order valence-electron chi connectivity index (χ4n) is 1.68. The van der Waals surface area contributed by atoms with E-state index in [4.69, 9.17) is 10.3 Å². The molecule has 0 aliphatic rings. The predicted octanol–water partition coefficient (Wildman–Crippen LogP) is 2.82. The highest BCUT2D eigenvalue weighted by Gasteiger charge is 2.13. The van der Waals surface area contributed by atoms with Crippen LogP contribution in [-0.2, 0) is 0 Å². The molecule has 0 saturated heterocycles. The summed E-state index contributed by atoms with van der Waals surface area (Å²) < 4.78 is 18.1. The topological polar surface area (TPSA) is 68.2 Å². The van der Waals surface area contributed by atoms with E-state index in [9.17, 15) is 4.39 Å². The number of hydrogen-bond acceptors (Lipinski definition) is 6. The number of rotatable bonds is 5. The minimum absolute atomic E-state index is 0.306. The first-order chi connectivity index (χ1) is 10.0. The van der Waals surface area contributed by atoms with Gasteiger partial charge in [-0.15, -0.1) is 12.6 Å². The van der Waals surface area contributed by atoms with Crippen molar-refractivity contribution in [2.75, 3.05) is 18.5 Å². The molecular formula is C14H17FN4OS. The zero-order valence-corrected chi connectivity index (χ0v) is 12.8. The molecule has 5 nitrogen and oxygen atoms in total. The third-order valence-corrected chi connectivity index (χ3v) is 3.41. The summed E-state index contributed by atoms with van der Waals surface area (Å²) in [4.78, 5) is 6.80. The Kier molecular flexibility index (Phi) is 4.85. The summed E-state index contributed by atoms with van der Waals surface area (Å²) in [6.45, 7) is 2.44. The summed E-state index contributed by atoms with van der Waals surface area (Å²) in [5.41, 5.74) is 7.24. The van der Waals surface area contributed by atoms with E-state index >= 15 is 0 Å². The lowest BCUT2D eigenvalue weighted by Crippen LogP contribution is -2.20. The Labute approximate surface area is 128 Å². The van der Waals surface area contributed by atoms with Crippen LogP contribution in [0.25, 0.3) is 11.4 Å². The second-order valence-corrected chi connectivity index (χ2v) is 5.13. The van der Waals surface area contributed by atoms with Crippen LogP contribution >= 0.6 is 12.6 Å². The van der Waals surface area contributed by atoms with Crippen molar-refractivity contribution in [2.45, 2.75) is 13.3 Å². The molecular weight excluding hydrogens is 291 g/mol. The van der Waals surface area contributed by atoms with Gasteiger partial charge in [-0.2, -0.15) is 4.98 Å². The van der Waals surface area contributed by atoms with Crippen LogP contribution in [0.2, 0.25) is 0 Å². The van der Waals surface area contributed by atoms with E-state index in [1.54, 1.807) is 24.1 Å². The molecule has 2 aromatic rings. The standard InChI is InChI=1S/C14H17FN4OS/c1-3-11(16)12(21)8-19(2)14-17-13(18-20-14)9-4-6-10(15)7-5-9/h4-7,21H,3,8,16H2,1-2H3/b12-11-. The van der Waals surface area contributed by atoms with Gasteiger partial charge in [0.1, 0.15) is 5.82 Å². The quantitative estimate of drug-likeness (QED) is 0.831. The summed E-state index contributed by atoms with van der Waals surface area (Å²) in [6, 6.07) is 6.26. The van der Waals surface area contributed by atoms with E-state index in [-0.39, 0.29) is 5.82 Å². The van der Waals surface area contributed by atoms with E-state index in [0.29, 0.717) is 23.9 Å². The summed E-state index contributed by atoms with van der Waals surface area (Å²) in [7, 11) is 1.81. The summed E-state index contributed by atoms with van der Waals surface area (Å²) in [6.07, 6.45) is 0.733. The zero-order chi connectivity index (χ0) is 15.4. The Morgan fingerprint density at radius 1 is 1.38 bits per heavy atom. The Morgan fingerprint density at radius 3 is 2.67 bits per heavy atom. The van der Waals surface area contributed by atoms with Crippen LogP contribution < -0.4 is 10.6 Å². The number of allylic oxidation sites excluding steroid dienone is 1. The molecule has 1 aromatic carbocycles. The third-order valence-electron chi connectivity index (χ3n) is 2.98. The molecule has 112 valence electrons. The average molecular weight is 308 g/mol. The van der Waals surface area contributed by atoms with Crippen molar-refractivity contribution in [1.29, 1.82) is 0 Å². The van der Waals surface area contributed by atoms with Gasteiger partial charge in [-0.3, -0.25) is 0 Å². The van der Waals surface area contributed by atoms with Gasteiger partial charge in [-0.05, 0) is 30.7 Å². The van der Waals surface area contributed by atoms with E-state index < -0.39 is 0 Å². The number of nitrogens with two attached hydrogens (primary N) is 1. The molecule has 0 radical (unpaired) electrons. The highest BCUT2D eigenvalue weighted by atomic mass is 32.1. The number of likely N-dealkylation sites (N-methyl/N-ethyl adjacent to an activating group) is 1. The largest absolute Gasteiger partial charge is 0.401 e. The van der Waals surface area contributed by atoms with Crippen LogP contribution in [0.3, 0.4) is 0 Å². The maximum Gasteiger partial charge on any atom is 0.324 e. The van der Waals surface area contributed by atoms with Crippen LogP contribution in [0.1, 0.15) is 13.3 Å². The maximum atomic E-state index is 12.9. The van der Waals surface area contributed by atoms with Crippen molar-refractivity contribution in [2.24, 2.45) is 5.73 Å². The van der Waals surface area contributed by atoms with Gasteiger partial charge in [0.15, 0.2) is 0 Å². The van der Waals surface area contributed by atoms with Gasteiger partial charge >= 0.3 is 6.01 Å². The highest BCUT2D eigenvalue weighted by Crippen LogP contribution is 2.20. The van der Waals surface area contributed by atoms with Crippen molar-refractivity contribution in [3.05, 3.63) is 40.7 Å². The molecule has 7 heteroatoms. The normalized spacial score (nSPS) is 12.2. The minimum atomic E-state index is -0.306. The Bertz CT molecular complexity index is 639. The first kappa shape index (κ1) is 15.4. The van der Waals surface area contributed by atoms with Gasteiger partial charge < -0.3 is 15.2 Å². The molecule has 0 unspecified atom stereocenters. The second kappa shape index (κ2) is 6.62. The smallest absolute Gasteiger partial charge is 0.324 e. The Hall–Kier alpha value is -2.02. The lowest BCUT2D eigenvalue weighted by Gasteiger charge is -2.14. The number of aromatic nitrogens is 2. The number of thiol groups is 1. The lowest BCUT2D eigenvalue weighted by atomic mass is 10.2. The van der Waals surface area contributed by atoms with Gasteiger partial charge in [-0.25, -0.2) is 4.39 Å².